The summed E-state index contributed by atoms with van der Waals surface area (Å²) in [7, 11) is 1.53. The van der Waals surface area contributed by atoms with Crippen molar-refractivity contribution in [3.05, 3.63) is 98.3 Å². The predicted molar refractivity (Wildman–Crippen MR) is 128 cm³/mol. The third-order valence-electron chi connectivity index (χ3n) is 5.04. The SMILES string of the molecule is COc1cc(/C=C(\C#N)C(=O)Nc2cc(C)ccc2C)cc(Br)c1Cc1ccccc1F. The molecule has 0 aliphatic rings. The van der Waals surface area contributed by atoms with Crippen molar-refractivity contribution in [2.75, 3.05) is 12.4 Å². The van der Waals surface area contributed by atoms with Gasteiger partial charge in [-0.25, -0.2) is 4.39 Å². The first kappa shape index (κ1) is 23.2. The Morgan fingerprint density at radius 1 is 1.19 bits per heavy atom. The van der Waals surface area contributed by atoms with Gasteiger partial charge < -0.3 is 10.1 Å². The van der Waals surface area contributed by atoms with Gasteiger partial charge in [-0.15, -0.1) is 0 Å². The number of anilines is 1. The number of carbonyl (C=O) groups excluding carboxylic acids is 1. The van der Waals surface area contributed by atoms with E-state index in [0.717, 1.165) is 16.7 Å². The summed E-state index contributed by atoms with van der Waals surface area (Å²) in [4.78, 5) is 12.7. The van der Waals surface area contributed by atoms with Gasteiger partial charge in [0, 0.05) is 22.1 Å². The van der Waals surface area contributed by atoms with E-state index < -0.39 is 5.91 Å². The van der Waals surface area contributed by atoms with Gasteiger partial charge in [0.15, 0.2) is 0 Å². The maximum Gasteiger partial charge on any atom is 0.266 e. The van der Waals surface area contributed by atoms with E-state index in [4.69, 9.17) is 4.74 Å². The molecule has 162 valence electrons. The van der Waals surface area contributed by atoms with Crippen LogP contribution in [0.1, 0.15) is 27.8 Å². The highest BCUT2D eigenvalue weighted by Crippen LogP contribution is 2.32. The first-order valence-electron chi connectivity index (χ1n) is 9.92. The number of benzene rings is 3. The lowest BCUT2D eigenvalue weighted by Gasteiger charge is -2.13. The van der Waals surface area contributed by atoms with Crippen molar-refractivity contribution in [2.24, 2.45) is 0 Å². The van der Waals surface area contributed by atoms with E-state index in [2.05, 4.69) is 21.2 Å². The van der Waals surface area contributed by atoms with Crippen molar-refractivity contribution in [2.45, 2.75) is 20.3 Å². The topological polar surface area (TPSA) is 62.1 Å². The average Bonchev–Trinajstić information content (AvgIpc) is 2.77. The molecule has 0 saturated heterocycles. The fourth-order valence-corrected chi connectivity index (χ4v) is 3.88. The van der Waals surface area contributed by atoms with Crippen LogP contribution in [-0.2, 0) is 11.2 Å². The smallest absolute Gasteiger partial charge is 0.266 e. The monoisotopic (exact) mass is 492 g/mol. The van der Waals surface area contributed by atoms with Crippen LogP contribution in [0.2, 0.25) is 0 Å². The number of aryl methyl sites for hydroxylation is 2. The van der Waals surface area contributed by atoms with Gasteiger partial charge in [-0.1, -0.05) is 46.3 Å². The van der Waals surface area contributed by atoms with Gasteiger partial charge in [0.25, 0.3) is 5.91 Å². The van der Waals surface area contributed by atoms with Crippen molar-refractivity contribution in [1.29, 1.82) is 5.26 Å². The number of nitriles is 1. The average molecular weight is 493 g/mol. The predicted octanol–water partition coefficient (Wildman–Crippen LogP) is 6.35. The minimum Gasteiger partial charge on any atom is -0.496 e. The molecule has 0 heterocycles. The third-order valence-corrected chi connectivity index (χ3v) is 5.75. The molecule has 0 radical (unpaired) electrons. The quantitative estimate of drug-likeness (QED) is 0.322. The van der Waals surface area contributed by atoms with E-state index in [1.54, 1.807) is 30.3 Å². The van der Waals surface area contributed by atoms with Gasteiger partial charge in [-0.2, -0.15) is 5.26 Å². The number of hydrogen-bond acceptors (Lipinski definition) is 3. The number of rotatable bonds is 6. The summed E-state index contributed by atoms with van der Waals surface area (Å²) in [5.41, 5.74) is 4.46. The second-order valence-corrected chi connectivity index (χ2v) is 8.25. The molecular formula is C26H22BrFN2O2. The van der Waals surface area contributed by atoms with Crippen LogP contribution in [-0.4, -0.2) is 13.0 Å². The number of methoxy groups -OCH3 is 1. The molecule has 1 N–H and O–H groups in total. The summed E-state index contributed by atoms with van der Waals surface area (Å²) in [6, 6.07) is 17.8. The van der Waals surface area contributed by atoms with Gasteiger partial charge in [0.1, 0.15) is 23.2 Å². The standard InChI is InChI=1S/C26H22BrFN2O2/c1-16-8-9-17(2)24(10-16)30-26(31)20(15-29)11-18-12-22(27)21(25(13-18)32-3)14-19-6-4-5-7-23(19)28/h4-13H,14H2,1-3H3,(H,30,31)/b20-11+. The van der Waals surface area contributed by atoms with Crippen molar-refractivity contribution in [3.8, 4) is 11.8 Å². The largest absolute Gasteiger partial charge is 0.496 e. The Balaban J connectivity index is 1.91. The third kappa shape index (κ3) is 5.43. The van der Waals surface area contributed by atoms with Crippen molar-refractivity contribution in [3.63, 3.8) is 0 Å². The number of nitrogens with one attached hydrogen (secondary N) is 1. The van der Waals surface area contributed by atoms with E-state index >= 15 is 0 Å². The lowest BCUT2D eigenvalue weighted by atomic mass is 10.0. The van der Waals surface area contributed by atoms with E-state index in [0.29, 0.717) is 33.5 Å². The summed E-state index contributed by atoms with van der Waals surface area (Å²) in [5.74, 6) is -0.256. The van der Waals surface area contributed by atoms with Crippen LogP contribution in [0.25, 0.3) is 6.08 Å². The van der Waals surface area contributed by atoms with Gasteiger partial charge in [0.05, 0.1) is 7.11 Å². The van der Waals surface area contributed by atoms with E-state index in [9.17, 15) is 14.4 Å². The number of halogens is 2. The summed E-state index contributed by atoms with van der Waals surface area (Å²) in [6.07, 6.45) is 1.83. The molecule has 3 rings (SSSR count). The van der Waals surface area contributed by atoms with E-state index in [1.165, 1.54) is 19.3 Å². The molecule has 32 heavy (non-hydrogen) atoms. The van der Waals surface area contributed by atoms with Gasteiger partial charge in [-0.05, 0) is 66.4 Å². The lowest BCUT2D eigenvalue weighted by Crippen LogP contribution is -2.14. The maximum atomic E-state index is 14.1. The Kier molecular flexibility index (Phi) is 7.45. The van der Waals surface area contributed by atoms with Crippen LogP contribution >= 0.6 is 15.9 Å². The van der Waals surface area contributed by atoms with Crippen LogP contribution in [0, 0.1) is 31.0 Å². The minimum absolute atomic E-state index is 0.0401. The zero-order valence-corrected chi connectivity index (χ0v) is 19.6. The van der Waals surface area contributed by atoms with Gasteiger partial charge >= 0.3 is 0 Å². The number of carbonyl (C=O) groups is 1. The number of nitrogens with zero attached hydrogens (tertiary/aromatic N) is 1. The maximum absolute atomic E-state index is 14.1. The summed E-state index contributed by atoms with van der Waals surface area (Å²) >= 11 is 3.53. The molecule has 0 aromatic heterocycles. The molecule has 0 bridgehead atoms. The molecule has 0 unspecified atom stereocenters. The highest BCUT2D eigenvalue weighted by atomic mass is 79.9. The van der Waals surface area contributed by atoms with Gasteiger partial charge in [-0.3, -0.25) is 4.79 Å². The molecule has 0 fully saturated rings. The van der Waals surface area contributed by atoms with E-state index in [-0.39, 0.29) is 11.4 Å². The number of ether oxygens (including phenoxy) is 1. The van der Waals surface area contributed by atoms with Crippen LogP contribution in [0.4, 0.5) is 10.1 Å². The van der Waals surface area contributed by atoms with Crippen LogP contribution in [0.3, 0.4) is 0 Å². The fourth-order valence-electron chi connectivity index (χ4n) is 3.28. The number of amides is 1. The van der Waals surface area contributed by atoms with Crippen molar-refractivity contribution < 1.29 is 13.9 Å². The second-order valence-electron chi connectivity index (χ2n) is 7.39. The van der Waals surface area contributed by atoms with Crippen molar-refractivity contribution in [1.82, 2.24) is 0 Å². The Hall–Kier alpha value is -3.43. The second kappa shape index (κ2) is 10.3. The molecule has 0 spiro atoms. The molecule has 0 aliphatic heterocycles. The zero-order valence-electron chi connectivity index (χ0n) is 18.0. The summed E-state index contributed by atoms with van der Waals surface area (Å²) < 4.78 is 20.3. The van der Waals surface area contributed by atoms with Crippen molar-refractivity contribution >= 4 is 33.6 Å². The Morgan fingerprint density at radius 3 is 2.62 bits per heavy atom. The normalized spacial score (nSPS) is 11.1. The molecule has 3 aromatic rings. The highest BCUT2D eigenvalue weighted by Gasteiger charge is 2.15. The first-order valence-corrected chi connectivity index (χ1v) is 10.7. The van der Waals surface area contributed by atoms with Gasteiger partial charge in [0.2, 0.25) is 0 Å². The Bertz CT molecular complexity index is 1250. The lowest BCUT2D eigenvalue weighted by molar-refractivity contribution is -0.112. The first-order chi connectivity index (χ1) is 15.3. The molecule has 4 nitrogen and oxygen atoms in total. The zero-order chi connectivity index (χ0) is 23.3. The molecular weight excluding hydrogens is 471 g/mol. The van der Waals surface area contributed by atoms with E-state index in [1.807, 2.05) is 38.1 Å². The van der Waals surface area contributed by atoms with Crippen LogP contribution in [0.15, 0.2) is 64.6 Å². The number of hydrogen-bond donors (Lipinski definition) is 1. The Morgan fingerprint density at radius 2 is 1.94 bits per heavy atom. The molecule has 1 amide bonds. The molecule has 0 saturated carbocycles. The van der Waals surface area contributed by atoms with Crippen LogP contribution < -0.4 is 10.1 Å². The molecule has 0 atom stereocenters. The molecule has 6 heteroatoms. The van der Waals surface area contributed by atoms with Crippen LogP contribution in [0.5, 0.6) is 5.75 Å². The highest BCUT2D eigenvalue weighted by molar-refractivity contribution is 9.10. The fraction of sp³-hybridized carbons (Fsp3) is 0.154. The summed E-state index contributed by atoms with van der Waals surface area (Å²) in [6.45, 7) is 3.82. The molecule has 3 aromatic carbocycles. The summed E-state index contributed by atoms with van der Waals surface area (Å²) in [5, 5.41) is 12.4. The molecule has 0 aliphatic carbocycles. The Labute approximate surface area is 195 Å². The minimum atomic E-state index is -0.494.